The quantitative estimate of drug-likeness (QED) is 0.893. The first kappa shape index (κ1) is 16.2. The summed E-state index contributed by atoms with van der Waals surface area (Å²) in [5.74, 6) is 0.893. The number of anilines is 1. The van der Waals surface area contributed by atoms with E-state index in [4.69, 9.17) is 0 Å². The number of likely N-dealkylation sites (tertiary alicyclic amines) is 1. The lowest BCUT2D eigenvalue weighted by atomic mass is 9.89. The minimum Gasteiger partial charge on any atom is -0.322 e. The van der Waals surface area contributed by atoms with Crippen molar-refractivity contribution >= 4 is 24.0 Å². The second kappa shape index (κ2) is 7.20. The standard InChI is InChI=1S/C15H20FN3O.ClH/c16-13-3-1-2-4-14(13)18-15(20)10-19-6-5-11-7-17-8-12(11)9-19;/h1-4,11-12,17H,5-10H2,(H,18,20);1H. The third kappa shape index (κ3) is 3.93. The van der Waals surface area contributed by atoms with E-state index in [1.807, 2.05) is 0 Å². The molecule has 1 amide bonds. The topological polar surface area (TPSA) is 44.4 Å². The molecule has 2 aliphatic heterocycles. The van der Waals surface area contributed by atoms with Gasteiger partial charge < -0.3 is 10.6 Å². The summed E-state index contributed by atoms with van der Waals surface area (Å²) in [6.45, 7) is 4.42. The minimum absolute atomic E-state index is 0. The van der Waals surface area contributed by atoms with Crippen LogP contribution in [-0.2, 0) is 4.79 Å². The van der Waals surface area contributed by atoms with Crippen LogP contribution in [0.2, 0.25) is 0 Å². The molecule has 3 rings (SSSR count). The third-order valence-corrected chi connectivity index (χ3v) is 4.30. The summed E-state index contributed by atoms with van der Waals surface area (Å²) in [4.78, 5) is 14.2. The molecule has 21 heavy (non-hydrogen) atoms. The third-order valence-electron chi connectivity index (χ3n) is 4.30. The highest BCUT2D eigenvalue weighted by atomic mass is 35.5. The van der Waals surface area contributed by atoms with Gasteiger partial charge in [-0.3, -0.25) is 9.69 Å². The molecule has 2 N–H and O–H groups in total. The fourth-order valence-corrected chi connectivity index (χ4v) is 3.21. The SMILES string of the molecule is Cl.O=C(CN1CCC2CNCC2C1)Nc1ccccc1F. The zero-order valence-electron chi connectivity index (χ0n) is 11.8. The number of para-hydroxylation sites is 1. The molecule has 0 spiro atoms. The number of nitrogens with one attached hydrogen (secondary N) is 2. The van der Waals surface area contributed by atoms with Crippen LogP contribution in [0.1, 0.15) is 6.42 Å². The van der Waals surface area contributed by atoms with Crippen LogP contribution >= 0.6 is 12.4 Å². The number of fused-ring (bicyclic) bond motifs is 1. The van der Waals surface area contributed by atoms with E-state index < -0.39 is 0 Å². The summed E-state index contributed by atoms with van der Waals surface area (Å²) in [5.41, 5.74) is 0.259. The van der Waals surface area contributed by atoms with Crippen LogP contribution < -0.4 is 10.6 Å². The van der Waals surface area contributed by atoms with E-state index in [0.29, 0.717) is 12.5 Å². The molecule has 2 unspecified atom stereocenters. The Morgan fingerprint density at radius 1 is 1.33 bits per heavy atom. The predicted molar refractivity (Wildman–Crippen MR) is 83.2 cm³/mol. The smallest absolute Gasteiger partial charge is 0.238 e. The second-order valence-electron chi connectivity index (χ2n) is 5.73. The molecule has 1 aromatic rings. The van der Waals surface area contributed by atoms with Gasteiger partial charge in [-0.05, 0) is 50.0 Å². The number of benzene rings is 1. The van der Waals surface area contributed by atoms with Crippen molar-refractivity contribution in [2.24, 2.45) is 11.8 Å². The Hall–Kier alpha value is -1.17. The minimum atomic E-state index is -0.389. The van der Waals surface area contributed by atoms with Crippen LogP contribution in [0.5, 0.6) is 0 Å². The Morgan fingerprint density at radius 2 is 2.10 bits per heavy atom. The van der Waals surface area contributed by atoms with E-state index in [-0.39, 0.29) is 29.8 Å². The van der Waals surface area contributed by atoms with Gasteiger partial charge in [0.2, 0.25) is 5.91 Å². The molecular formula is C15H21ClFN3O. The number of hydrogen-bond donors (Lipinski definition) is 2. The first-order valence-corrected chi connectivity index (χ1v) is 7.20. The lowest BCUT2D eigenvalue weighted by molar-refractivity contribution is -0.117. The van der Waals surface area contributed by atoms with Crippen LogP contribution in [0.4, 0.5) is 10.1 Å². The van der Waals surface area contributed by atoms with E-state index in [0.717, 1.165) is 38.5 Å². The number of hydrogen-bond acceptors (Lipinski definition) is 3. The molecule has 0 aromatic heterocycles. The second-order valence-corrected chi connectivity index (χ2v) is 5.73. The lowest BCUT2D eigenvalue weighted by Gasteiger charge is -2.33. The van der Waals surface area contributed by atoms with Crippen molar-refractivity contribution in [1.82, 2.24) is 10.2 Å². The number of halogens is 2. The van der Waals surface area contributed by atoms with Crippen LogP contribution in [0, 0.1) is 17.7 Å². The molecular weight excluding hydrogens is 293 g/mol. The first-order chi connectivity index (χ1) is 9.72. The number of nitrogens with zero attached hydrogens (tertiary/aromatic N) is 1. The average Bonchev–Trinajstić information content (AvgIpc) is 2.89. The molecule has 6 heteroatoms. The van der Waals surface area contributed by atoms with Crippen molar-refractivity contribution in [3.8, 4) is 0 Å². The van der Waals surface area contributed by atoms with E-state index in [1.54, 1.807) is 18.2 Å². The largest absolute Gasteiger partial charge is 0.322 e. The zero-order valence-corrected chi connectivity index (χ0v) is 12.7. The summed E-state index contributed by atoms with van der Waals surface area (Å²) >= 11 is 0. The molecule has 0 aliphatic carbocycles. The molecule has 2 fully saturated rings. The zero-order chi connectivity index (χ0) is 13.9. The van der Waals surface area contributed by atoms with Gasteiger partial charge in [0.1, 0.15) is 5.82 Å². The number of piperidine rings is 1. The van der Waals surface area contributed by atoms with E-state index in [1.165, 1.54) is 6.07 Å². The molecule has 4 nitrogen and oxygen atoms in total. The Kier molecular flexibility index (Phi) is 5.56. The maximum atomic E-state index is 13.5. The Morgan fingerprint density at radius 3 is 2.90 bits per heavy atom. The summed E-state index contributed by atoms with van der Waals surface area (Å²) < 4.78 is 13.5. The van der Waals surface area contributed by atoms with Crippen molar-refractivity contribution in [3.05, 3.63) is 30.1 Å². The van der Waals surface area contributed by atoms with E-state index in [9.17, 15) is 9.18 Å². The van der Waals surface area contributed by atoms with Gasteiger partial charge in [-0.1, -0.05) is 12.1 Å². The molecule has 2 aliphatic rings. The maximum Gasteiger partial charge on any atom is 0.238 e. The summed E-state index contributed by atoms with van der Waals surface area (Å²) in [7, 11) is 0. The average molecular weight is 314 g/mol. The number of carbonyl (C=O) groups is 1. The molecule has 0 saturated carbocycles. The predicted octanol–water partition coefficient (Wildman–Crippen LogP) is 1.73. The van der Waals surface area contributed by atoms with Crippen LogP contribution in [0.15, 0.2) is 24.3 Å². The Bertz CT molecular complexity index is 500. The van der Waals surface area contributed by atoms with E-state index in [2.05, 4.69) is 15.5 Å². The Balaban J connectivity index is 0.00000161. The molecule has 0 bridgehead atoms. The van der Waals surface area contributed by atoms with Crippen LogP contribution in [-0.4, -0.2) is 43.5 Å². The molecule has 0 radical (unpaired) electrons. The first-order valence-electron chi connectivity index (χ1n) is 7.20. The fraction of sp³-hybridized carbons (Fsp3) is 0.533. The van der Waals surface area contributed by atoms with Gasteiger partial charge in [-0.15, -0.1) is 12.4 Å². The Labute approximate surface area is 130 Å². The van der Waals surface area contributed by atoms with Crippen molar-refractivity contribution in [2.45, 2.75) is 6.42 Å². The molecule has 116 valence electrons. The normalized spacial score (nSPS) is 25.0. The van der Waals surface area contributed by atoms with Gasteiger partial charge >= 0.3 is 0 Å². The van der Waals surface area contributed by atoms with Crippen molar-refractivity contribution in [2.75, 3.05) is 38.0 Å². The summed E-state index contributed by atoms with van der Waals surface area (Å²) in [6.07, 6.45) is 1.14. The van der Waals surface area contributed by atoms with Gasteiger partial charge in [-0.2, -0.15) is 0 Å². The highest BCUT2D eigenvalue weighted by molar-refractivity contribution is 5.92. The van der Waals surface area contributed by atoms with Gasteiger partial charge in [0.25, 0.3) is 0 Å². The number of rotatable bonds is 3. The van der Waals surface area contributed by atoms with Crippen LogP contribution in [0.3, 0.4) is 0 Å². The summed E-state index contributed by atoms with van der Waals surface area (Å²) in [6, 6.07) is 6.27. The van der Waals surface area contributed by atoms with Crippen molar-refractivity contribution < 1.29 is 9.18 Å². The van der Waals surface area contributed by atoms with Crippen molar-refractivity contribution in [1.29, 1.82) is 0 Å². The van der Waals surface area contributed by atoms with Gasteiger partial charge in [0.15, 0.2) is 0 Å². The van der Waals surface area contributed by atoms with E-state index >= 15 is 0 Å². The van der Waals surface area contributed by atoms with Gasteiger partial charge in [-0.25, -0.2) is 4.39 Å². The molecule has 2 heterocycles. The monoisotopic (exact) mass is 313 g/mol. The van der Waals surface area contributed by atoms with Gasteiger partial charge in [0.05, 0.1) is 12.2 Å². The van der Waals surface area contributed by atoms with Crippen molar-refractivity contribution in [3.63, 3.8) is 0 Å². The highest BCUT2D eigenvalue weighted by Crippen LogP contribution is 2.26. The number of carbonyl (C=O) groups excluding carboxylic acids is 1. The lowest BCUT2D eigenvalue weighted by Crippen LogP contribution is -2.43. The summed E-state index contributed by atoms with van der Waals surface area (Å²) in [5, 5.41) is 6.05. The van der Waals surface area contributed by atoms with Crippen LogP contribution in [0.25, 0.3) is 0 Å². The highest BCUT2D eigenvalue weighted by Gasteiger charge is 2.33. The molecule has 2 atom stereocenters. The maximum absolute atomic E-state index is 13.5. The number of amides is 1. The molecule has 1 aromatic carbocycles. The fourth-order valence-electron chi connectivity index (χ4n) is 3.21. The van der Waals surface area contributed by atoms with Gasteiger partial charge in [0, 0.05) is 6.54 Å². The molecule has 2 saturated heterocycles.